The van der Waals surface area contributed by atoms with Crippen molar-refractivity contribution >= 4 is 22.7 Å². The second-order valence-corrected chi connectivity index (χ2v) is 4.12. The molecule has 0 saturated carbocycles. The van der Waals surface area contributed by atoms with Gasteiger partial charge in [0, 0.05) is 17.0 Å². The van der Waals surface area contributed by atoms with Gasteiger partial charge in [0.05, 0.1) is 6.20 Å². The molecule has 0 aliphatic heterocycles. The summed E-state index contributed by atoms with van der Waals surface area (Å²) in [5.41, 5.74) is 1.08. The van der Waals surface area contributed by atoms with Crippen LogP contribution in [0, 0.1) is 12.7 Å². The first-order valence-corrected chi connectivity index (χ1v) is 5.64. The highest BCUT2D eigenvalue weighted by atomic mass is 19.1. The van der Waals surface area contributed by atoms with Crippen LogP contribution >= 0.6 is 0 Å². The lowest BCUT2D eigenvalue weighted by Gasteiger charge is -1.99. The maximum absolute atomic E-state index is 13.2. The second-order valence-electron chi connectivity index (χ2n) is 4.12. The van der Waals surface area contributed by atoms with Gasteiger partial charge in [-0.3, -0.25) is 9.89 Å². The molecule has 1 aromatic carbocycles. The topological polar surface area (TPSA) is 70.9 Å². The van der Waals surface area contributed by atoms with Crippen molar-refractivity contribution < 1.29 is 13.6 Å². The zero-order valence-corrected chi connectivity index (χ0v) is 10.0. The van der Waals surface area contributed by atoms with Crippen molar-refractivity contribution in [2.75, 3.05) is 5.32 Å². The number of amides is 1. The van der Waals surface area contributed by atoms with E-state index in [9.17, 15) is 9.18 Å². The molecular formula is C13H10FN3O2. The molecule has 6 heteroatoms. The van der Waals surface area contributed by atoms with E-state index < -0.39 is 5.91 Å². The number of aromatic nitrogens is 2. The Morgan fingerprint density at radius 2 is 2.26 bits per heavy atom. The highest BCUT2D eigenvalue weighted by Gasteiger charge is 2.18. The largest absolute Gasteiger partial charge is 0.451 e. The number of furan rings is 1. The van der Waals surface area contributed by atoms with Gasteiger partial charge in [0.25, 0.3) is 5.91 Å². The van der Waals surface area contributed by atoms with Crippen molar-refractivity contribution in [3.8, 4) is 0 Å². The van der Waals surface area contributed by atoms with Crippen molar-refractivity contribution in [2.45, 2.75) is 6.92 Å². The number of aryl methyl sites for hydroxylation is 1. The van der Waals surface area contributed by atoms with Gasteiger partial charge < -0.3 is 9.73 Å². The van der Waals surface area contributed by atoms with E-state index in [1.807, 2.05) is 0 Å². The number of benzene rings is 1. The first-order chi connectivity index (χ1) is 9.15. The van der Waals surface area contributed by atoms with Crippen LogP contribution in [0.3, 0.4) is 0 Å². The fourth-order valence-electron chi connectivity index (χ4n) is 1.91. The first kappa shape index (κ1) is 11.5. The van der Waals surface area contributed by atoms with E-state index in [1.54, 1.807) is 13.0 Å². The van der Waals surface area contributed by atoms with Gasteiger partial charge in [0.2, 0.25) is 0 Å². The van der Waals surface area contributed by atoms with E-state index in [0.717, 1.165) is 0 Å². The smallest absolute Gasteiger partial charge is 0.292 e. The Kier molecular flexibility index (Phi) is 2.56. The van der Waals surface area contributed by atoms with Crippen LogP contribution in [0.5, 0.6) is 0 Å². The maximum Gasteiger partial charge on any atom is 0.292 e. The van der Waals surface area contributed by atoms with Gasteiger partial charge in [-0.1, -0.05) is 0 Å². The number of hydrogen-bond donors (Lipinski definition) is 2. The molecule has 0 fully saturated rings. The lowest BCUT2D eigenvalue weighted by molar-refractivity contribution is 0.0997. The number of fused-ring (bicyclic) bond motifs is 1. The molecule has 5 nitrogen and oxygen atoms in total. The molecule has 0 aliphatic rings. The maximum atomic E-state index is 13.2. The third-order valence-electron chi connectivity index (χ3n) is 2.85. The molecular weight excluding hydrogens is 249 g/mol. The molecule has 0 unspecified atom stereocenters. The molecule has 0 radical (unpaired) electrons. The van der Waals surface area contributed by atoms with E-state index in [2.05, 4.69) is 15.5 Å². The number of hydrogen-bond acceptors (Lipinski definition) is 3. The molecule has 0 aliphatic carbocycles. The molecule has 1 amide bonds. The van der Waals surface area contributed by atoms with Crippen molar-refractivity contribution in [1.29, 1.82) is 0 Å². The average molecular weight is 259 g/mol. The van der Waals surface area contributed by atoms with Crippen LogP contribution in [0.15, 0.2) is 34.9 Å². The standard InChI is InChI=1S/C13H10FN3O2/c1-7-9-6-8(14)2-3-10(9)19-12(7)13(18)16-11-4-5-15-17-11/h2-6H,1H3,(H2,15,16,17,18). The normalized spacial score (nSPS) is 10.8. The number of halogens is 1. The van der Waals surface area contributed by atoms with Gasteiger partial charge in [0.15, 0.2) is 5.76 Å². The number of H-pyrrole nitrogens is 1. The zero-order chi connectivity index (χ0) is 13.4. The summed E-state index contributed by atoms with van der Waals surface area (Å²) in [5.74, 6) is -0.137. The molecule has 0 bridgehead atoms. The van der Waals surface area contributed by atoms with Gasteiger partial charge in [-0.05, 0) is 25.1 Å². The monoisotopic (exact) mass is 259 g/mol. The molecule has 2 aromatic heterocycles. The minimum atomic E-state index is -0.404. The van der Waals surface area contributed by atoms with Crippen molar-refractivity contribution in [3.05, 3.63) is 47.6 Å². The van der Waals surface area contributed by atoms with Crippen LogP contribution in [-0.2, 0) is 0 Å². The molecule has 19 heavy (non-hydrogen) atoms. The number of rotatable bonds is 2. The van der Waals surface area contributed by atoms with E-state index >= 15 is 0 Å². The molecule has 96 valence electrons. The molecule has 3 rings (SSSR count). The Hall–Kier alpha value is -2.63. The summed E-state index contributed by atoms with van der Waals surface area (Å²) >= 11 is 0. The van der Waals surface area contributed by atoms with E-state index in [0.29, 0.717) is 22.4 Å². The minimum absolute atomic E-state index is 0.162. The molecule has 0 spiro atoms. The molecule has 0 saturated heterocycles. The zero-order valence-electron chi connectivity index (χ0n) is 10.0. The Morgan fingerprint density at radius 1 is 1.42 bits per heavy atom. The van der Waals surface area contributed by atoms with Crippen LogP contribution in [0.4, 0.5) is 10.2 Å². The Labute approximate surface area is 107 Å². The Bertz CT molecular complexity index is 747. The number of carbonyl (C=O) groups is 1. The summed E-state index contributed by atoms with van der Waals surface area (Å²) in [7, 11) is 0. The van der Waals surface area contributed by atoms with Crippen molar-refractivity contribution in [2.24, 2.45) is 0 Å². The van der Waals surface area contributed by atoms with Crippen molar-refractivity contribution in [1.82, 2.24) is 10.2 Å². The number of nitrogens with zero attached hydrogens (tertiary/aromatic N) is 1. The van der Waals surface area contributed by atoms with Gasteiger partial charge in [-0.15, -0.1) is 0 Å². The number of nitrogens with one attached hydrogen (secondary N) is 2. The minimum Gasteiger partial charge on any atom is -0.451 e. The predicted molar refractivity (Wildman–Crippen MR) is 67.4 cm³/mol. The summed E-state index contributed by atoms with van der Waals surface area (Å²) < 4.78 is 18.6. The summed E-state index contributed by atoms with van der Waals surface area (Å²) in [6.45, 7) is 1.72. The lowest BCUT2D eigenvalue weighted by atomic mass is 10.1. The number of anilines is 1. The highest BCUT2D eigenvalue weighted by molar-refractivity contribution is 6.06. The van der Waals surface area contributed by atoms with E-state index in [1.165, 1.54) is 24.4 Å². The Morgan fingerprint density at radius 3 is 3.00 bits per heavy atom. The van der Waals surface area contributed by atoms with Gasteiger partial charge >= 0.3 is 0 Å². The van der Waals surface area contributed by atoms with Gasteiger partial charge in [-0.2, -0.15) is 5.10 Å². The summed E-state index contributed by atoms with van der Waals surface area (Å²) in [4.78, 5) is 12.0. The highest BCUT2D eigenvalue weighted by Crippen LogP contribution is 2.26. The lowest BCUT2D eigenvalue weighted by Crippen LogP contribution is -2.12. The molecule has 3 aromatic rings. The van der Waals surface area contributed by atoms with Crippen molar-refractivity contribution in [3.63, 3.8) is 0 Å². The Balaban J connectivity index is 2.00. The van der Waals surface area contributed by atoms with Crippen LogP contribution < -0.4 is 5.32 Å². The van der Waals surface area contributed by atoms with Gasteiger partial charge in [-0.25, -0.2) is 4.39 Å². The molecule has 0 atom stereocenters. The SMILES string of the molecule is Cc1c(C(=O)Nc2ccn[nH]2)oc2ccc(F)cc12. The summed E-state index contributed by atoms with van der Waals surface area (Å²) in [6.07, 6.45) is 1.52. The average Bonchev–Trinajstić information content (AvgIpc) is 2.98. The second kappa shape index (κ2) is 4.24. The first-order valence-electron chi connectivity index (χ1n) is 5.64. The van der Waals surface area contributed by atoms with Crippen LogP contribution in [-0.4, -0.2) is 16.1 Å². The third-order valence-corrected chi connectivity index (χ3v) is 2.85. The fourth-order valence-corrected chi connectivity index (χ4v) is 1.91. The predicted octanol–water partition coefficient (Wildman–Crippen LogP) is 2.86. The summed E-state index contributed by atoms with van der Waals surface area (Å²) in [6, 6.07) is 5.77. The van der Waals surface area contributed by atoms with Crippen LogP contribution in [0.1, 0.15) is 16.1 Å². The van der Waals surface area contributed by atoms with E-state index in [-0.39, 0.29) is 11.6 Å². The van der Waals surface area contributed by atoms with Crippen LogP contribution in [0.2, 0.25) is 0 Å². The number of carbonyl (C=O) groups excluding carboxylic acids is 1. The molecule has 2 heterocycles. The van der Waals surface area contributed by atoms with Gasteiger partial charge in [0.1, 0.15) is 17.2 Å². The fraction of sp³-hybridized carbons (Fsp3) is 0.0769. The van der Waals surface area contributed by atoms with Crippen LogP contribution in [0.25, 0.3) is 11.0 Å². The third kappa shape index (κ3) is 1.97. The quantitative estimate of drug-likeness (QED) is 0.743. The number of aromatic amines is 1. The molecule has 2 N–H and O–H groups in total. The summed E-state index contributed by atoms with van der Waals surface area (Å²) in [5, 5.41) is 9.54. The van der Waals surface area contributed by atoms with E-state index in [4.69, 9.17) is 4.42 Å².